The third kappa shape index (κ3) is 2.57. The first-order valence-electron chi connectivity index (χ1n) is 3.23. The first-order chi connectivity index (χ1) is 6.06. The third-order valence-electron chi connectivity index (χ3n) is 1.30. The van der Waals surface area contributed by atoms with Crippen LogP contribution in [0.5, 0.6) is 0 Å². The molecule has 0 aliphatic heterocycles. The van der Waals surface area contributed by atoms with Gasteiger partial charge in [-0.15, -0.1) is 0 Å². The van der Waals surface area contributed by atoms with Gasteiger partial charge < -0.3 is 0 Å². The SMILES string of the molecule is N#CNS(=O)(=O)c1ccc(I)cc1. The molecule has 0 saturated heterocycles. The lowest BCUT2D eigenvalue weighted by molar-refractivity contribution is 0.591. The van der Waals surface area contributed by atoms with E-state index in [0.717, 1.165) is 3.57 Å². The van der Waals surface area contributed by atoms with Crippen LogP contribution in [0.1, 0.15) is 0 Å². The van der Waals surface area contributed by atoms with Crippen molar-refractivity contribution in [2.24, 2.45) is 0 Å². The monoisotopic (exact) mass is 308 g/mol. The Bertz CT molecular complexity index is 433. The Hall–Kier alpha value is -0.810. The molecule has 68 valence electrons. The Kier molecular flexibility index (Phi) is 3.11. The number of hydrogen-bond donors (Lipinski definition) is 1. The molecule has 0 atom stereocenters. The number of nitrogens with zero attached hydrogens (tertiary/aromatic N) is 1. The summed E-state index contributed by atoms with van der Waals surface area (Å²) >= 11 is 2.07. The molecule has 6 heteroatoms. The molecular weight excluding hydrogens is 303 g/mol. The molecule has 1 rings (SSSR count). The van der Waals surface area contributed by atoms with Gasteiger partial charge in [-0.1, -0.05) is 0 Å². The summed E-state index contributed by atoms with van der Waals surface area (Å²) in [6.45, 7) is 0. The topological polar surface area (TPSA) is 70.0 Å². The summed E-state index contributed by atoms with van der Waals surface area (Å²) in [6, 6.07) is 6.21. The highest BCUT2D eigenvalue weighted by molar-refractivity contribution is 14.1. The van der Waals surface area contributed by atoms with Crippen molar-refractivity contribution in [3.8, 4) is 6.19 Å². The smallest absolute Gasteiger partial charge is 0.215 e. The van der Waals surface area contributed by atoms with Gasteiger partial charge in [0.05, 0.1) is 4.90 Å². The number of halogens is 1. The van der Waals surface area contributed by atoms with Crippen LogP contribution in [-0.4, -0.2) is 8.42 Å². The number of hydrogen-bond acceptors (Lipinski definition) is 3. The molecule has 0 spiro atoms. The maximum absolute atomic E-state index is 11.2. The van der Waals surface area contributed by atoms with Crippen molar-refractivity contribution >= 4 is 32.6 Å². The predicted molar refractivity (Wildman–Crippen MR) is 55.1 cm³/mol. The molecule has 0 aliphatic carbocycles. The van der Waals surface area contributed by atoms with Crippen molar-refractivity contribution in [1.29, 1.82) is 5.26 Å². The summed E-state index contributed by atoms with van der Waals surface area (Å²) in [5.74, 6) is 0. The van der Waals surface area contributed by atoms with Gasteiger partial charge in [0, 0.05) is 3.57 Å². The van der Waals surface area contributed by atoms with Gasteiger partial charge in [-0.3, -0.25) is 0 Å². The Labute approximate surface area is 89.8 Å². The fraction of sp³-hybridized carbons (Fsp3) is 0. The fourth-order valence-electron chi connectivity index (χ4n) is 0.733. The van der Waals surface area contributed by atoms with Crippen molar-refractivity contribution in [1.82, 2.24) is 4.72 Å². The summed E-state index contributed by atoms with van der Waals surface area (Å²) in [5, 5.41) is 8.18. The van der Waals surface area contributed by atoms with Gasteiger partial charge in [0.15, 0.2) is 6.19 Å². The van der Waals surface area contributed by atoms with Gasteiger partial charge in [-0.05, 0) is 46.9 Å². The molecule has 0 aliphatic rings. The molecule has 0 fully saturated rings. The zero-order valence-electron chi connectivity index (χ0n) is 6.36. The van der Waals surface area contributed by atoms with Gasteiger partial charge in [-0.2, -0.15) is 5.26 Å². The average molecular weight is 308 g/mol. The second-order valence-corrected chi connectivity index (χ2v) is 5.10. The van der Waals surface area contributed by atoms with Crippen LogP contribution in [0.25, 0.3) is 0 Å². The Morgan fingerprint density at radius 1 is 1.31 bits per heavy atom. The van der Waals surface area contributed by atoms with Crippen molar-refractivity contribution < 1.29 is 8.42 Å². The molecule has 4 nitrogen and oxygen atoms in total. The van der Waals surface area contributed by atoms with Gasteiger partial charge >= 0.3 is 0 Å². The van der Waals surface area contributed by atoms with Crippen molar-refractivity contribution in [3.63, 3.8) is 0 Å². The van der Waals surface area contributed by atoms with E-state index < -0.39 is 10.0 Å². The van der Waals surface area contributed by atoms with E-state index in [-0.39, 0.29) is 4.90 Å². The first kappa shape index (κ1) is 10.3. The summed E-state index contributed by atoms with van der Waals surface area (Å²) in [7, 11) is -3.64. The summed E-state index contributed by atoms with van der Waals surface area (Å²) in [6.07, 6.45) is 1.38. The molecule has 0 amide bonds. The number of nitrogens with one attached hydrogen (secondary N) is 1. The van der Waals surface area contributed by atoms with Gasteiger partial charge in [0.2, 0.25) is 0 Å². The van der Waals surface area contributed by atoms with Gasteiger partial charge in [-0.25, -0.2) is 13.1 Å². The Balaban J connectivity index is 3.11. The van der Waals surface area contributed by atoms with Crippen molar-refractivity contribution in [2.45, 2.75) is 4.90 Å². The van der Waals surface area contributed by atoms with E-state index in [4.69, 9.17) is 5.26 Å². The van der Waals surface area contributed by atoms with E-state index >= 15 is 0 Å². The number of nitriles is 1. The second kappa shape index (κ2) is 3.93. The lowest BCUT2D eigenvalue weighted by atomic mass is 10.4. The summed E-state index contributed by atoms with van der Waals surface area (Å²) in [4.78, 5) is 0.0921. The fourth-order valence-corrected chi connectivity index (χ4v) is 1.82. The molecule has 0 saturated carbocycles. The van der Waals surface area contributed by atoms with Crippen molar-refractivity contribution in [3.05, 3.63) is 27.8 Å². The Morgan fingerprint density at radius 2 is 1.85 bits per heavy atom. The van der Waals surface area contributed by atoms with Crippen LogP contribution in [0.4, 0.5) is 0 Å². The van der Waals surface area contributed by atoms with E-state index in [1.165, 1.54) is 18.3 Å². The van der Waals surface area contributed by atoms with E-state index in [0.29, 0.717) is 0 Å². The summed E-state index contributed by atoms with van der Waals surface area (Å²) < 4.78 is 25.1. The van der Waals surface area contributed by atoms with Crippen LogP contribution in [0.2, 0.25) is 0 Å². The largest absolute Gasteiger partial charge is 0.270 e. The number of sulfonamides is 1. The second-order valence-electron chi connectivity index (χ2n) is 2.17. The summed E-state index contributed by atoms with van der Waals surface area (Å²) in [5.41, 5.74) is 0. The molecule has 1 aromatic carbocycles. The minimum Gasteiger partial charge on any atom is -0.215 e. The Morgan fingerprint density at radius 3 is 2.31 bits per heavy atom. The number of benzene rings is 1. The van der Waals surface area contributed by atoms with Crippen LogP contribution in [0.3, 0.4) is 0 Å². The van der Waals surface area contributed by atoms with Crippen LogP contribution >= 0.6 is 22.6 Å². The highest BCUT2D eigenvalue weighted by Crippen LogP contribution is 2.11. The van der Waals surface area contributed by atoms with E-state index in [1.54, 1.807) is 16.9 Å². The maximum atomic E-state index is 11.2. The normalized spacial score (nSPS) is 10.5. The lowest BCUT2D eigenvalue weighted by Crippen LogP contribution is -2.17. The van der Waals surface area contributed by atoms with Crippen LogP contribution in [0.15, 0.2) is 29.2 Å². The van der Waals surface area contributed by atoms with E-state index in [9.17, 15) is 8.42 Å². The minimum atomic E-state index is -3.64. The molecular formula is C7H5IN2O2S. The van der Waals surface area contributed by atoms with Crippen molar-refractivity contribution in [2.75, 3.05) is 0 Å². The predicted octanol–water partition coefficient (Wildman–Crippen LogP) is 1.05. The van der Waals surface area contributed by atoms with E-state index in [2.05, 4.69) is 22.6 Å². The zero-order chi connectivity index (χ0) is 9.90. The zero-order valence-corrected chi connectivity index (χ0v) is 9.33. The molecule has 1 aromatic rings. The maximum Gasteiger partial charge on any atom is 0.270 e. The van der Waals surface area contributed by atoms with Crippen LogP contribution in [0, 0.1) is 15.0 Å². The molecule has 0 radical (unpaired) electrons. The van der Waals surface area contributed by atoms with Crippen LogP contribution < -0.4 is 4.72 Å². The number of rotatable bonds is 2. The standard InChI is InChI=1S/C7H5IN2O2S/c8-6-1-3-7(4-2-6)13(11,12)10-5-9/h1-4,10H. The third-order valence-corrected chi connectivity index (χ3v) is 3.28. The highest BCUT2D eigenvalue weighted by atomic mass is 127. The van der Waals surface area contributed by atoms with Gasteiger partial charge in [0.25, 0.3) is 10.0 Å². The molecule has 0 bridgehead atoms. The molecule has 1 N–H and O–H groups in total. The molecule has 0 heterocycles. The molecule has 0 aromatic heterocycles. The van der Waals surface area contributed by atoms with E-state index in [1.807, 2.05) is 0 Å². The first-order valence-corrected chi connectivity index (χ1v) is 5.79. The highest BCUT2D eigenvalue weighted by Gasteiger charge is 2.11. The molecule has 0 unspecified atom stereocenters. The van der Waals surface area contributed by atoms with Crippen LogP contribution in [-0.2, 0) is 10.0 Å². The quantitative estimate of drug-likeness (QED) is 0.504. The molecule has 13 heavy (non-hydrogen) atoms. The lowest BCUT2D eigenvalue weighted by Gasteiger charge is -1.99. The average Bonchev–Trinajstić information content (AvgIpc) is 2.05. The van der Waals surface area contributed by atoms with Gasteiger partial charge in [0.1, 0.15) is 0 Å². The minimum absolute atomic E-state index is 0.0921.